The van der Waals surface area contributed by atoms with Crippen molar-refractivity contribution in [3.8, 4) is 0 Å². The zero-order valence-corrected chi connectivity index (χ0v) is 11.3. The largest absolute Gasteiger partial charge is 0.387 e. The third-order valence-corrected chi connectivity index (χ3v) is 3.46. The van der Waals surface area contributed by atoms with Crippen LogP contribution in [0.25, 0.3) is 0 Å². The molecule has 1 aromatic carbocycles. The van der Waals surface area contributed by atoms with Crippen molar-refractivity contribution in [1.29, 1.82) is 0 Å². The lowest BCUT2D eigenvalue weighted by atomic mass is 9.95. The number of aliphatic hydroxyl groups is 1. The number of nitrogens with zero attached hydrogens (tertiary/aromatic N) is 1. The lowest BCUT2D eigenvalue weighted by Crippen LogP contribution is -2.40. The van der Waals surface area contributed by atoms with Crippen molar-refractivity contribution < 1.29 is 5.11 Å². The van der Waals surface area contributed by atoms with E-state index in [1.807, 2.05) is 12.1 Å². The van der Waals surface area contributed by atoms with E-state index in [-0.39, 0.29) is 17.6 Å². The second-order valence-electron chi connectivity index (χ2n) is 6.39. The van der Waals surface area contributed by atoms with Crippen LogP contribution in [0.4, 0.5) is 0 Å². The minimum atomic E-state index is -0.335. The van der Waals surface area contributed by atoms with Gasteiger partial charge in [-0.15, -0.1) is 0 Å². The van der Waals surface area contributed by atoms with E-state index in [1.165, 1.54) is 5.56 Å². The van der Waals surface area contributed by atoms with Crippen LogP contribution in [0.5, 0.6) is 0 Å². The van der Waals surface area contributed by atoms with Crippen LogP contribution < -0.4 is 0 Å². The Bertz CT molecular complexity index is 394. The molecule has 0 bridgehead atoms. The Morgan fingerprint density at radius 3 is 2.53 bits per heavy atom. The average Bonchev–Trinajstić information content (AvgIpc) is 2.55. The first-order valence-electron chi connectivity index (χ1n) is 6.34. The molecule has 94 valence electrons. The Morgan fingerprint density at radius 1 is 1.29 bits per heavy atom. The van der Waals surface area contributed by atoms with Crippen LogP contribution in [0.15, 0.2) is 24.3 Å². The normalized spacial score (nSPS) is 24.1. The highest BCUT2D eigenvalue weighted by atomic mass is 16.3. The second-order valence-corrected chi connectivity index (χ2v) is 6.39. The average molecular weight is 233 g/mol. The van der Waals surface area contributed by atoms with Gasteiger partial charge in [0, 0.05) is 12.6 Å². The Balaban J connectivity index is 2.12. The van der Waals surface area contributed by atoms with Crippen molar-refractivity contribution in [2.45, 2.75) is 39.3 Å². The molecule has 0 aromatic heterocycles. The van der Waals surface area contributed by atoms with Gasteiger partial charge in [-0.05, 0) is 30.0 Å². The lowest BCUT2D eigenvalue weighted by molar-refractivity contribution is 0.0582. The predicted octanol–water partition coefficient (Wildman–Crippen LogP) is 2.62. The molecule has 0 heterocycles. The van der Waals surface area contributed by atoms with E-state index in [2.05, 4.69) is 44.9 Å². The standard InChI is InChI=1S/C15H23NO/c1-15(2,3)10-16(4)13-9-11-7-5-6-8-12(11)14(13)17/h5-8,13-14,17H,9-10H2,1-4H3. The number of aliphatic hydroxyl groups excluding tert-OH is 1. The Kier molecular flexibility index (Phi) is 3.28. The maximum absolute atomic E-state index is 10.4. The molecule has 2 atom stereocenters. The van der Waals surface area contributed by atoms with Gasteiger partial charge in [0.2, 0.25) is 0 Å². The minimum absolute atomic E-state index is 0.228. The zero-order valence-electron chi connectivity index (χ0n) is 11.3. The first-order valence-corrected chi connectivity index (χ1v) is 6.34. The summed E-state index contributed by atoms with van der Waals surface area (Å²) in [6.07, 6.45) is 0.628. The molecule has 0 aliphatic heterocycles. The van der Waals surface area contributed by atoms with Crippen molar-refractivity contribution in [3.05, 3.63) is 35.4 Å². The van der Waals surface area contributed by atoms with Gasteiger partial charge in [-0.3, -0.25) is 4.90 Å². The van der Waals surface area contributed by atoms with E-state index in [9.17, 15) is 5.11 Å². The van der Waals surface area contributed by atoms with Gasteiger partial charge in [0.25, 0.3) is 0 Å². The summed E-state index contributed by atoms with van der Waals surface area (Å²) in [6.45, 7) is 7.71. The third-order valence-electron chi connectivity index (χ3n) is 3.46. The van der Waals surface area contributed by atoms with Gasteiger partial charge in [0.05, 0.1) is 6.10 Å². The van der Waals surface area contributed by atoms with Gasteiger partial charge in [0.1, 0.15) is 0 Å². The molecule has 1 aliphatic carbocycles. The van der Waals surface area contributed by atoms with Gasteiger partial charge < -0.3 is 5.11 Å². The highest BCUT2D eigenvalue weighted by Gasteiger charge is 2.34. The highest BCUT2D eigenvalue weighted by Crippen LogP contribution is 2.34. The van der Waals surface area contributed by atoms with E-state index in [4.69, 9.17) is 0 Å². The van der Waals surface area contributed by atoms with Crippen molar-refractivity contribution in [2.75, 3.05) is 13.6 Å². The van der Waals surface area contributed by atoms with Crippen LogP contribution in [0.3, 0.4) is 0 Å². The summed E-state index contributed by atoms with van der Waals surface area (Å²) in [4.78, 5) is 2.30. The van der Waals surface area contributed by atoms with E-state index in [0.29, 0.717) is 0 Å². The summed E-state index contributed by atoms with van der Waals surface area (Å²) >= 11 is 0. The van der Waals surface area contributed by atoms with Crippen molar-refractivity contribution in [1.82, 2.24) is 4.90 Å². The molecule has 0 amide bonds. The summed E-state index contributed by atoms with van der Waals surface area (Å²) < 4.78 is 0. The van der Waals surface area contributed by atoms with Crippen LogP contribution in [0.1, 0.15) is 38.0 Å². The van der Waals surface area contributed by atoms with Gasteiger partial charge in [-0.1, -0.05) is 45.0 Å². The van der Waals surface area contributed by atoms with Crippen LogP contribution >= 0.6 is 0 Å². The topological polar surface area (TPSA) is 23.5 Å². The molecule has 2 nitrogen and oxygen atoms in total. The first-order chi connectivity index (χ1) is 7.88. The summed E-state index contributed by atoms with van der Waals surface area (Å²) in [6, 6.07) is 8.46. The monoisotopic (exact) mass is 233 g/mol. The van der Waals surface area contributed by atoms with Crippen LogP contribution in [0, 0.1) is 5.41 Å². The van der Waals surface area contributed by atoms with Gasteiger partial charge in [-0.25, -0.2) is 0 Å². The number of rotatable bonds is 2. The van der Waals surface area contributed by atoms with E-state index >= 15 is 0 Å². The molecule has 1 aliphatic rings. The van der Waals surface area contributed by atoms with Gasteiger partial charge in [0.15, 0.2) is 0 Å². The van der Waals surface area contributed by atoms with E-state index in [0.717, 1.165) is 18.5 Å². The molecule has 0 saturated heterocycles. The molecule has 1 N–H and O–H groups in total. The van der Waals surface area contributed by atoms with E-state index in [1.54, 1.807) is 0 Å². The molecule has 0 fully saturated rings. The fraction of sp³-hybridized carbons (Fsp3) is 0.600. The van der Waals surface area contributed by atoms with Crippen molar-refractivity contribution in [3.63, 3.8) is 0 Å². The van der Waals surface area contributed by atoms with Crippen LogP contribution in [-0.4, -0.2) is 29.6 Å². The first kappa shape index (κ1) is 12.6. The molecule has 2 rings (SSSR count). The van der Waals surface area contributed by atoms with E-state index < -0.39 is 0 Å². The third kappa shape index (κ3) is 2.70. The molecule has 2 heteroatoms. The number of hydrogen-bond donors (Lipinski definition) is 1. The number of fused-ring (bicyclic) bond motifs is 1. The molecule has 0 radical (unpaired) electrons. The van der Waals surface area contributed by atoms with Crippen molar-refractivity contribution >= 4 is 0 Å². The quantitative estimate of drug-likeness (QED) is 0.849. The van der Waals surface area contributed by atoms with Crippen LogP contribution in [-0.2, 0) is 6.42 Å². The molecular formula is C15H23NO. The molecule has 2 unspecified atom stereocenters. The number of benzene rings is 1. The molecular weight excluding hydrogens is 210 g/mol. The fourth-order valence-corrected chi connectivity index (χ4v) is 2.82. The Morgan fingerprint density at radius 2 is 1.94 bits per heavy atom. The molecule has 0 saturated carbocycles. The maximum Gasteiger partial charge on any atom is 0.0950 e. The summed E-state index contributed by atoms with van der Waals surface area (Å²) in [5, 5.41) is 10.4. The maximum atomic E-state index is 10.4. The number of hydrogen-bond acceptors (Lipinski definition) is 2. The summed E-state index contributed by atoms with van der Waals surface area (Å²) in [7, 11) is 2.12. The Hall–Kier alpha value is -0.860. The molecule has 17 heavy (non-hydrogen) atoms. The highest BCUT2D eigenvalue weighted by molar-refractivity contribution is 5.35. The Labute approximate surface area is 104 Å². The minimum Gasteiger partial charge on any atom is -0.387 e. The molecule has 0 spiro atoms. The van der Waals surface area contributed by atoms with Gasteiger partial charge >= 0.3 is 0 Å². The summed E-state index contributed by atoms with van der Waals surface area (Å²) in [5.41, 5.74) is 2.67. The second kappa shape index (κ2) is 4.43. The predicted molar refractivity (Wildman–Crippen MR) is 71.0 cm³/mol. The number of likely N-dealkylation sites (N-methyl/N-ethyl adjacent to an activating group) is 1. The fourth-order valence-electron chi connectivity index (χ4n) is 2.82. The SMILES string of the molecule is CN(CC(C)(C)C)C1Cc2ccccc2C1O. The van der Waals surface area contributed by atoms with Crippen LogP contribution in [0.2, 0.25) is 0 Å². The van der Waals surface area contributed by atoms with Crippen molar-refractivity contribution in [2.24, 2.45) is 5.41 Å². The zero-order chi connectivity index (χ0) is 12.6. The lowest BCUT2D eigenvalue weighted by Gasteiger charge is -2.32. The molecule has 1 aromatic rings. The van der Waals surface area contributed by atoms with Gasteiger partial charge in [-0.2, -0.15) is 0 Å². The smallest absolute Gasteiger partial charge is 0.0950 e. The summed E-state index contributed by atoms with van der Waals surface area (Å²) in [5.74, 6) is 0.